The van der Waals surface area contributed by atoms with Crippen molar-refractivity contribution in [2.45, 2.75) is 32.7 Å². The van der Waals surface area contributed by atoms with Gasteiger partial charge in [0.05, 0.1) is 11.0 Å². The van der Waals surface area contributed by atoms with Crippen LogP contribution in [-0.4, -0.2) is 22.5 Å². The summed E-state index contributed by atoms with van der Waals surface area (Å²) < 4.78 is 2.29. The number of fused-ring (bicyclic) bond motifs is 1. The van der Waals surface area contributed by atoms with Crippen LogP contribution in [0.2, 0.25) is 0 Å². The fraction of sp³-hybridized carbons (Fsp3) is 0.429. The molecule has 0 fully saturated rings. The van der Waals surface area contributed by atoms with Gasteiger partial charge in [-0.1, -0.05) is 19.1 Å². The smallest absolute Gasteiger partial charge is 0.207 e. The van der Waals surface area contributed by atoms with Crippen molar-refractivity contribution in [3.8, 4) is 0 Å². The molecule has 1 aromatic carbocycles. The van der Waals surface area contributed by atoms with Crippen molar-refractivity contribution in [2.75, 3.05) is 6.54 Å². The maximum absolute atomic E-state index is 10.2. The molecule has 0 radical (unpaired) electrons. The molecule has 0 aliphatic carbocycles. The number of amides is 1. The van der Waals surface area contributed by atoms with Crippen LogP contribution in [0.25, 0.3) is 11.0 Å². The highest BCUT2D eigenvalue weighted by Gasteiger charge is 2.08. The van der Waals surface area contributed by atoms with Gasteiger partial charge in [-0.25, -0.2) is 4.98 Å². The van der Waals surface area contributed by atoms with Gasteiger partial charge in [-0.3, -0.25) is 4.79 Å². The molecule has 0 bridgehead atoms. The number of hydrogen-bond acceptors (Lipinski definition) is 2. The molecule has 0 saturated carbocycles. The molecule has 2 aromatic rings. The van der Waals surface area contributed by atoms with Crippen LogP contribution in [0.5, 0.6) is 0 Å². The van der Waals surface area contributed by atoms with Crippen molar-refractivity contribution >= 4 is 17.4 Å². The van der Waals surface area contributed by atoms with Gasteiger partial charge in [0.1, 0.15) is 5.82 Å². The molecular weight excluding hydrogens is 226 g/mol. The van der Waals surface area contributed by atoms with Crippen LogP contribution in [0.3, 0.4) is 0 Å². The van der Waals surface area contributed by atoms with E-state index in [2.05, 4.69) is 33.9 Å². The van der Waals surface area contributed by atoms with Gasteiger partial charge < -0.3 is 9.88 Å². The molecule has 0 spiro atoms. The topological polar surface area (TPSA) is 46.9 Å². The van der Waals surface area contributed by atoms with Crippen molar-refractivity contribution in [3.05, 3.63) is 30.1 Å². The molecule has 1 aromatic heterocycles. The highest BCUT2D eigenvalue weighted by molar-refractivity contribution is 5.75. The maximum atomic E-state index is 10.2. The molecule has 0 aliphatic heterocycles. The Morgan fingerprint density at radius 2 is 2.22 bits per heavy atom. The highest BCUT2D eigenvalue weighted by atomic mass is 16.1. The van der Waals surface area contributed by atoms with Crippen LogP contribution >= 0.6 is 0 Å². The summed E-state index contributed by atoms with van der Waals surface area (Å²) in [5, 5.41) is 2.69. The number of imidazole rings is 1. The molecule has 4 nitrogen and oxygen atoms in total. The zero-order valence-electron chi connectivity index (χ0n) is 10.7. The lowest BCUT2D eigenvalue weighted by molar-refractivity contribution is -0.109. The Labute approximate surface area is 107 Å². The standard InChI is InChI=1S/C14H19N3O/c1-2-10-17-13-7-4-3-6-12(13)16-14(17)8-5-9-15-11-18/h3-4,6-7,11H,2,5,8-10H2,1H3,(H,15,18). The molecule has 4 heteroatoms. The summed E-state index contributed by atoms with van der Waals surface area (Å²) in [6, 6.07) is 8.23. The van der Waals surface area contributed by atoms with E-state index in [9.17, 15) is 4.79 Å². The summed E-state index contributed by atoms with van der Waals surface area (Å²) in [6.07, 6.45) is 3.66. The summed E-state index contributed by atoms with van der Waals surface area (Å²) in [7, 11) is 0. The minimum absolute atomic E-state index is 0.707. The first-order valence-corrected chi connectivity index (χ1v) is 6.48. The van der Waals surface area contributed by atoms with E-state index < -0.39 is 0 Å². The number of nitrogens with one attached hydrogen (secondary N) is 1. The largest absolute Gasteiger partial charge is 0.359 e. The Balaban J connectivity index is 2.19. The number of nitrogens with zero attached hydrogens (tertiary/aromatic N) is 2. The SMILES string of the molecule is CCCn1c(CCCNC=O)nc2ccccc21. The van der Waals surface area contributed by atoms with Gasteiger partial charge >= 0.3 is 0 Å². The quantitative estimate of drug-likeness (QED) is 0.600. The van der Waals surface area contributed by atoms with Crippen LogP contribution in [-0.2, 0) is 17.8 Å². The summed E-state index contributed by atoms with van der Waals surface area (Å²) >= 11 is 0. The summed E-state index contributed by atoms with van der Waals surface area (Å²) in [4.78, 5) is 14.9. The Morgan fingerprint density at radius 1 is 1.39 bits per heavy atom. The first-order chi connectivity index (χ1) is 8.86. The normalized spacial score (nSPS) is 10.7. The number of para-hydroxylation sites is 2. The molecule has 18 heavy (non-hydrogen) atoms. The van der Waals surface area contributed by atoms with E-state index in [1.54, 1.807) is 0 Å². The Hall–Kier alpha value is -1.84. The fourth-order valence-electron chi connectivity index (χ4n) is 2.20. The minimum atomic E-state index is 0.707. The van der Waals surface area contributed by atoms with Gasteiger partial charge in [-0.2, -0.15) is 0 Å². The molecule has 1 N–H and O–H groups in total. The van der Waals surface area contributed by atoms with Gasteiger partial charge in [0.25, 0.3) is 0 Å². The molecule has 0 saturated heterocycles. The lowest BCUT2D eigenvalue weighted by Gasteiger charge is -2.07. The molecule has 1 heterocycles. The summed E-state index contributed by atoms with van der Waals surface area (Å²) in [5.74, 6) is 1.12. The predicted octanol–water partition coefficient (Wildman–Crippen LogP) is 2.12. The second kappa shape index (κ2) is 6.19. The van der Waals surface area contributed by atoms with E-state index in [-0.39, 0.29) is 0 Å². The first-order valence-electron chi connectivity index (χ1n) is 6.48. The van der Waals surface area contributed by atoms with E-state index in [4.69, 9.17) is 0 Å². The first kappa shape index (κ1) is 12.6. The van der Waals surface area contributed by atoms with Crippen molar-refractivity contribution in [1.29, 1.82) is 0 Å². The van der Waals surface area contributed by atoms with Gasteiger partial charge in [0.15, 0.2) is 0 Å². The van der Waals surface area contributed by atoms with E-state index >= 15 is 0 Å². The van der Waals surface area contributed by atoms with E-state index in [0.29, 0.717) is 6.54 Å². The lowest BCUT2D eigenvalue weighted by atomic mass is 10.3. The molecule has 1 amide bonds. The van der Waals surface area contributed by atoms with Crippen LogP contribution in [0.1, 0.15) is 25.6 Å². The van der Waals surface area contributed by atoms with Crippen LogP contribution < -0.4 is 5.32 Å². The molecule has 2 rings (SSSR count). The van der Waals surface area contributed by atoms with Crippen LogP contribution in [0, 0.1) is 0 Å². The third kappa shape index (κ3) is 2.70. The van der Waals surface area contributed by atoms with Gasteiger partial charge in [-0.05, 0) is 25.0 Å². The predicted molar refractivity (Wildman–Crippen MR) is 72.4 cm³/mol. The molecule has 0 atom stereocenters. The third-order valence-corrected chi connectivity index (χ3v) is 2.99. The number of carbonyl (C=O) groups is 1. The van der Waals surface area contributed by atoms with Crippen molar-refractivity contribution < 1.29 is 4.79 Å². The molecule has 0 aliphatic rings. The van der Waals surface area contributed by atoms with Crippen molar-refractivity contribution in [2.24, 2.45) is 0 Å². The van der Waals surface area contributed by atoms with E-state index in [0.717, 1.165) is 43.6 Å². The Morgan fingerprint density at radius 3 is 3.00 bits per heavy atom. The molecular formula is C14H19N3O. The molecule has 96 valence electrons. The Bertz CT molecular complexity index is 519. The lowest BCUT2D eigenvalue weighted by Crippen LogP contribution is -2.14. The van der Waals surface area contributed by atoms with Gasteiger partial charge in [0, 0.05) is 19.5 Å². The number of aryl methyl sites for hydroxylation is 2. The number of carbonyl (C=O) groups excluding carboxylic acids is 1. The minimum Gasteiger partial charge on any atom is -0.359 e. The van der Waals surface area contributed by atoms with Gasteiger partial charge in [-0.15, -0.1) is 0 Å². The Kier molecular flexibility index (Phi) is 4.34. The summed E-state index contributed by atoms with van der Waals surface area (Å²) in [5.41, 5.74) is 2.27. The fourth-order valence-corrected chi connectivity index (χ4v) is 2.20. The monoisotopic (exact) mass is 245 g/mol. The number of rotatable bonds is 7. The highest BCUT2D eigenvalue weighted by Crippen LogP contribution is 2.17. The second-order valence-corrected chi connectivity index (χ2v) is 4.34. The van der Waals surface area contributed by atoms with Crippen LogP contribution in [0.4, 0.5) is 0 Å². The van der Waals surface area contributed by atoms with E-state index in [1.807, 2.05) is 12.1 Å². The average Bonchev–Trinajstić information content (AvgIpc) is 2.74. The van der Waals surface area contributed by atoms with Crippen molar-refractivity contribution in [3.63, 3.8) is 0 Å². The number of benzene rings is 1. The van der Waals surface area contributed by atoms with E-state index in [1.165, 1.54) is 5.52 Å². The zero-order valence-corrected chi connectivity index (χ0v) is 10.7. The van der Waals surface area contributed by atoms with Gasteiger partial charge in [0.2, 0.25) is 6.41 Å². The summed E-state index contributed by atoms with van der Waals surface area (Å²) in [6.45, 7) is 3.88. The molecule has 0 unspecified atom stereocenters. The van der Waals surface area contributed by atoms with Crippen molar-refractivity contribution in [1.82, 2.24) is 14.9 Å². The average molecular weight is 245 g/mol. The maximum Gasteiger partial charge on any atom is 0.207 e. The van der Waals surface area contributed by atoms with Crippen LogP contribution in [0.15, 0.2) is 24.3 Å². The number of hydrogen-bond donors (Lipinski definition) is 1. The number of aromatic nitrogens is 2. The third-order valence-electron chi connectivity index (χ3n) is 2.99. The second-order valence-electron chi connectivity index (χ2n) is 4.34. The zero-order chi connectivity index (χ0) is 12.8.